The molecule has 0 fully saturated rings. The van der Waals surface area contributed by atoms with E-state index in [1.165, 1.54) is 16.8 Å². The number of hydrogen-bond acceptors (Lipinski definition) is 2. The average molecular weight is 437 g/mol. The van der Waals surface area contributed by atoms with E-state index in [9.17, 15) is 4.79 Å². The quantitative estimate of drug-likeness (QED) is 0.346. The molecule has 5 rings (SSSR count). The van der Waals surface area contributed by atoms with Gasteiger partial charge in [0.2, 0.25) is 0 Å². The molecule has 0 atom stereocenters. The highest BCUT2D eigenvalue weighted by Gasteiger charge is 2.19. The number of benzene rings is 3. The SMILES string of the molecule is CC(C)c1cccc(C(C)C)c1-n1ccnc1-c1ccc2c(c1)[nH]c(=O)n2-c1ccccc1. The minimum Gasteiger partial charge on any atom is -0.305 e. The average Bonchev–Trinajstić information content (AvgIpc) is 3.42. The van der Waals surface area contributed by atoms with Crippen LogP contribution in [0.5, 0.6) is 0 Å². The van der Waals surface area contributed by atoms with Crippen molar-refractivity contribution >= 4 is 11.0 Å². The molecule has 0 aliphatic rings. The molecule has 1 N–H and O–H groups in total. The summed E-state index contributed by atoms with van der Waals surface area (Å²) < 4.78 is 3.90. The zero-order valence-electron chi connectivity index (χ0n) is 19.4. The van der Waals surface area contributed by atoms with Gasteiger partial charge in [0.05, 0.1) is 22.4 Å². The van der Waals surface area contributed by atoms with E-state index < -0.39 is 0 Å². The number of aromatic amines is 1. The van der Waals surface area contributed by atoms with Crippen molar-refractivity contribution in [2.45, 2.75) is 39.5 Å². The van der Waals surface area contributed by atoms with E-state index in [1.54, 1.807) is 4.57 Å². The van der Waals surface area contributed by atoms with Crippen molar-refractivity contribution in [3.63, 3.8) is 0 Å². The molecular weight excluding hydrogens is 408 g/mol. The van der Waals surface area contributed by atoms with Crippen LogP contribution in [-0.2, 0) is 0 Å². The summed E-state index contributed by atoms with van der Waals surface area (Å²) in [5.74, 6) is 1.63. The molecule has 0 saturated carbocycles. The lowest BCUT2D eigenvalue weighted by molar-refractivity contribution is 0.807. The highest BCUT2D eigenvalue weighted by Crippen LogP contribution is 2.34. The first-order chi connectivity index (χ1) is 16.0. The van der Waals surface area contributed by atoms with Gasteiger partial charge in [-0.25, -0.2) is 9.78 Å². The third-order valence-corrected chi connectivity index (χ3v) is 6.18. The minimum absolute atomic E-state index is 0.149. The molecule has 0 radical (unpaired) electrons. The topological polar surface area (TPSA) is 55.6 Å². The van der Waals surface area contributed by atoms with Crippen molar-refractivity contribution in [1.29, 1.82) is 0 Å². The van der Waals surface area contributed by atoms with Crippen LogP contribution in [0, 0.1) is 0 Å². The first kappa shape index (κ1) is 21.0. The Morgan fingerprint density at radius 2 is 1.55 bits per heavy atom. The Morgan fingerprint density at radius 3 is 2.21 bits per heavy atom. The van der Waals surface area contributed by atoms with Gasteiger partial charge >= 0.3 is 5.69 Å². The van der Waals surface area contributed by atoms with Gasteiger partial charge in [-0.3, -0.25) is 9.13 Å². The fourth-order valence-corrected chi connectivity index (χ4v) is 4.57. The summed E-state index contributed by atoms with van der Waals surface area (Å²) in [5, 5.41) is 0. The van der Waals surface area contributed by atoms with Crippen LogP contribution in [0.3, 0.4) is 0 Å². The third-order valence-electron chi connectivity index (χ3n) is 6.18. The van der Waals surface area contributed by atoms with Gasteiger partial charge in [0.15, 0.2) is 0 Å². The van der Waals surface area contributed by atoms with Crippen LogP contribution in [0.25, 0.3) is 33.8 Å². The van der Waals surface area contributed by atoms with E-state index in [1.807, 2.05) is 60.9 Å². The predicted molar refractivity (Wildman–Crippen MR) is 135 cm³/mol. The maximum absolute atomic E-state index is 12.8. The lowest BCUT2D eigenvalue weighted by Crippen LogP contribution is -2.14. The van der Waals surface area contributed by atoms with Crippen molar-refractivity contribution in [1.82, 2.24) is 19.1 Å². The predicted octanol–water partition coefficient (Wildman–Crippen LogP) is 6.42. The van der Waals surface area contributed by atoms with Crippen molar-refractivity contribution in [2.24, 2.45) is 0 Å². The molecule has 0 aliphatic carbocycles. The summed E-state index contributed by atoms with van der Waals surface area (Å²) in [7, 11) is 0. The van der Waals surface area contributed by atoms with Crippen molar-refractivity contribution < 1.29 is 0 Å². The number of fused-ring (bicyclic) bond motifs is 1. The molecule has 0 aliphatic heterocycles. The molecule has 2 heterocycles. The second-order valence-electron chi connectivity index (χ2n) is 9.05. The molecule has 0 unspecified atom stereocenters. The van der Waals surface area contributed by atoms with Gasteiger partial charge in [0.25, 0.3) is 0 Å². The standard InChI is InChI=1S/C28H28N4O/c1-18(2)22-11-8-12-23(19(3)4)26(22)31-16-15-29-27(31)20-13-14-25-24(17-20)30-28(33)32(25)21-9-6-5-7-10-21/h5-19H,1-4H3,(H,30,33). The van der Waals surface area contributed by atoms with Crippen LogP contribution in [0.15, 0.2) is 83.9 Å². The van der Waals surface area contributed by atoms with E-state index in [4.69, 9.17) is 4.98 Å². The van der Waals surface area contributed by atoms with Crippen LogP contribution in [0.4, 0.5) is 0 Å². The molecule has 3 aromatic carbocycles. The highest BCUT2D eigenvalue weighted by atomic mass is 16.1. The van der Waals surface area contributed by atoms with Crippen LogP contribution >= 0.6 is 0 Å². The monoisotopic (exact) mass is 436 g/mol. The Kier molecular flexibility index (Phi) is 5.25. The first-order valence-electron chi connectivity index (χ1n) is 11.4. The summed E-state index contributed by atoms with van der Waals surface area (Å²) >= 11 is 0. The van der Waals surface area contributed by atoms with E-state index in [-0.39, 0.29) is 5.69 Å². The molecule has 0 spiro atoms. The van der Waals surface area contributed by atoms with Gasteiger partial charge in [-0.2, -0.15) is 0 Å². The molecule has 5 nitrogen and oxygen atoms in total. The number of nitrogens with zero attached hydrogens (tertiary/aromatic N) is 3. The molecule has 5 aromatic rings. The zero-order chi connectivity index (χ0) is 23.1. The molecule has 0 bridgehead atoms. The summed E-state index contributed by atoms with van der Waals surface area (Å²) in [6, 6.07) is 22.3. The van der Waals surface area contributed by atoms with Gasteiger partial charge in [-0.1, -0.05) is 64.1 Å². The lowest BCUT2D eigenvalue weighted by Gasteiger charge is -2.21. The first-order valence-corrected chi connectivity index (χ1v) is 11.4. The summed E-state index contributed by atoms with van der Waals surface area (Å²) in [5.41, 5.74) is 7.08. The van der Waals surface area contributed by atoms with E-state index in [2.05, 4.69) is 55.4 Å². The third kappa shape index (κ3) is 3.59. The minimum atomic E-state index is -0.149. The maximum atomic E-state index is 12.8. The molecule has 2 aromatic heterocycles. The van der Waals surface area contributed by atoms with E-state index in [0.717, 1.165) is 28.1 Å². The van der Waals surface area contributed by atoms with Crippen LogP contribution in [-0.4, -0.2) is 19.1 Å². The van der Waals surface area contributed by atoms with Gasteiger partial charge < -0.3 is 4.98 Å². The number of H-pyrrole nitrogens is 1. The normalized spacial score (nSPS) is 11.7. The van der Waals surface area contributed by atoms with E-state index in [0.29, 0.717) is 11.8 Å². The number of aromatic nitrogens is 4. The highest BCUT2D eigenvalue weighted by molar-refractivity contribution is 5.82. The van der Waals surface area contributed by atoms with Gasteiger partial charge in [0, 0.05) is 18.0 Å². The summed E-state index contributed by atoms with van der Waals surface area (Å²) in [4.78, 5) is 20.5. The fraction of sp³-hybridized carbons (Fsp3) is 0.214. The molecular formula is C28H28N4O. The van der Waals surface area contributed by atoms with Crippen molar-refractivity contribution in [3.8, 4) is 22.8 Å². The van der Waals surface area contributed by atoms with Crippen LogP contribution in [0.1, 0.15) is 50.7 Å². The zero-order valence-corrected chi connectivity index (χ0v) is 19.4. The van der Waals surface area contributed by atoms with E-state index >= 15 is 0 Å². The molecule has 5 heteroatoms. The van der Waals surface area contributed by atoms with Crippen LogP contribution in [0.2, 0.25) is 0 Å². The summed E-state index contributed by atoms with van der Waals surface area (Å²) in [6.07, 6.45) is 3.88. The van der Waals surface area contributed by atoms with Gasteiger partial charge in [-0.05, 0) is 53.3 Å². The Hall–Kier alpha value is -3.86. The number of imidazole rings is 2. The second-order valence-corrected chi connectivity index (χ2v) is 9.05. The van der Waals surface area contributed by atoms with Gasteiger partial charge in [0.1, 0.15) is 5.82 Å². The van der Waals surface area contributed by atoms with Crippen molar-refractivity contribution in [3.05, 3.63) is 101 Å². The van der Waals surface area contributed by atoms with Crippen molar-refractivity contribution in [2.75, 3.05) is 0 Å². The number of rotatable bonds is 5. The Bertz CT molecular complexity index is 1460. The Labute approximate surface area is 193 Å². The smallest absolute Gasteiger partial charge is 0.305 e. The Balaban J connectivity index is 1.69. The number of para-hydroxylation sites is 2. The summed E-state index contributed by atoms with van der Waals surface area (Å²) in [6.45, 7) is 8.90. The number of hydrogen-bond donors (Lipinski definition) is 1. The maximum Gasteiger partial charge on any atom is 0.331 e. The molecule has 166 valence electrons. The lowest BCUT2D eigenvalue weighted by atomic mass is 9.92. The molecule has 0 amide bonds. The fourth-order valence-electron chi connectivity index (χ4n) is 4.57. The second kappa shape index (κ2) is 8.24. The molecule has 33 heavy (non-hydrogen) atoms. The largest absolute Gasteiger partial charge is 0.331 e. The van der Waals surface area contributed by atoms with Gasteiger partial charge in [-0.15, -0.1) is 0 Å². The van der Waals surface area contributed by atoms with Crippen LogP contribution < -0.4 is 5.69 Å². The number of nitrogens with one attached hydrogen (secondary N) is 1. The Morgan fingerprint density at radius 1 is 0.848 bits per heavy atom. The molecule has 0 saturated heterocycles.